The third kappa shape index (κ3) is 3.77. The molecule has 0 spiro atoms. The molecular weight excluding hydrogens is 264 g/mol. The number of carboxylic acid groups (broad SMARTS) is 1. The second-order valence-corrected chi connectivity index (χ2v) is 5.05. The van der Waals surface area contributed by atoms with E-state index in [1.165, 1.54) is 11.3 Å². The molecule has 0 saturated carbocycles. The smallest absolute Gasteiger partial charge is 0.345 e. The Hall–Kier alpha value is -1.92. The minimum Gasteiger partial charge on any atom is -0.481 e. The lowest BCUT2D eigenvalue weighted by atomic mass is 10.2. The van der Waals surface area contributed by atoms with Gasteiger partial charge < -0.3 is 15.2 Å². The molecule has 0 aromatic carbocycles. The number of aromatic nitrogens is 1. The molecule has 2 N–H and O–H groups in total. The molecule has 0 aliphatic heterocycles. The SMILES string of the molecule is COc1cc(CNCc2ccc(C(=O)O)s2)ccn1. The van der Waals surface area contributed by atoms with Crippen LogP contribution in [0.15, 0.2) is 30.5 Å². The van der Waals surface area contributed by atoms with E-state index in [9.17, 15) is 4.79 Å². The van der Waals surface area contributed by atoms with Crippen molar-refractivity contribution in [2.75, 3.05) is 7.11 Å². The lowest BCUT2D eigenvalue weighted by Gasteiger charge is -2.04. The number of nitrogens with one attached hydrogen (secondary N) is 1. The summed E-state index contributed by atoms with van der Waals surface area (Å²) in [6.07, 6.45) is 1.70. The van der Waals surface area contributed by atoms with Gasteiger partial charge in [-0.3, -0.25) is 0 Å². The first kappa shape index (κ1) is 13.5. The van der Waals surface area contributed by atoms with Gasteiger partial charge in [0.05, 0.1) is 7.11 Å². The van der Waals surface area contributed by atoms with Crippen molar-refractivity contribution in [2.24, 2.45) is 0 Å². The molecule has 100 valence electrons. The number of hydrogen-bond acceptors (Lipinski definition) is 5. The first-order valence-corrected chi connectivity index (χ1v) is 6.52. The predicted octanol–water partition coefficient (Wildman–Crippen LogP) is 2.14. The number of carbonyl (C=O) groups is 1. The summed E-state index contributed by atoms with van der Waals surface area (Å²) in [6.45, 7) is 1.32. The number of thiophene rings is 1. The third-order valence-electron chi connectivity index (χ3n) is 2.51. The molecule has 6 heteroatoms. The Balaban J connectivity index is 1.86. The van der Waals surface area contributed by atoms with E-state index in [0.717, 1.165) is 10.4 Å². The lowest BCUT2D eigenvalue weighted by molar-refractivity contribution is 0.0702. The number of hydrogen-bond donors (Lipinski definition) is 2. The Morgan fingerprint density at radius 1 is 1.42 bits per heavy atom. The van der Waals surface area contributed by atoms with E-state index < -0.39 is 5.97 Å². The summed E-state index contributed by atoms with van der Waals surface area (Å²) < 4.78 is 5.05. The maximum absolute atomic E-state index is 10.7. The van der Waals surface area contributed by atoms with Gasteiger partial charge in [0.2, 0.25) is 5.88 Å². The fourth-order valence-electron chi connectivity index (χ4n) is 1.59. The van der Waals surface area contributed by atoms with Crippen molar-refractivity contribution >= 4 is 17.3 Å². The number of pyridine rings is 1. The van der Waals surface area contributed by atoms with E-state index in [1.807, 2.05) is 18.2 Å². The van der Waals surface area contributed by atoms with Crippen molar-refractivity contribution in [3.8, 4) is 5.88 Å². The Labute approximate surface area is 114 Å². The monoisotopic (exact) mass is 278 g/mol. The van der Waals surface area contributed by atoms with Crippen molar-refractivity contribution in [1.82, 2.24) is 10.3 Å². The zero-order valence-corrected chi connectivity index (χ0v) is 11.2. The van der Waals surface area contributed by atoms with Crippen molar-refractivity contribution in [3.63, 3.8) is 0 Å². The maximum atomic E-state index is 10.7. The number of carboxylic acids is 1. The molecule has 2 aromatic heterocycles. The van der Waals surface area contributed by atoms with Crippen molar-refractivity contribution in [3.05, 3.63) is 45.8 Å². The van der Waals surface area contributed by atoms with Crippen LogP contribution in [0.1, 0.15) is 20.1 Å². The lowest BCUT2D eigenvalue weighted by Crippen LogP contribution is -2.11. The maximum Gasteiger partial charge on any atom is 0.345 e. The van der Waals surface area contributed by atoms with E-state index in [0.29, 0.717) is 23.8 Å². The fraction of sp³-hybridized carbons (Fsp3) is 0.231. The minimum atomic E-state index is -0.880. The Bertz CT molecular complexity index is 569. The number of ether oxygens (including phenoxy) is 1. The van der Waals surface area contributed by atoms with Gasteiger partial charge in [-0.15, -0.1) is 11.3 Å². The first-order chi connectivity index (χ1) is 9.19. The molecule has 0 atom stereocenters. The largest absolute Gasteiger partial charge is 0.481 e. The molecule has 2 aromatic rings. The van der Waals surface area contributed by atoms with Crippen LogP contribution in [0, 0.1) is 0 Å². The van der Waals surface area contributed by atoms with Crippen LogP contribution in [0.3, 0.4) is 0 Å². The Morgan fingerprint density at radius 3 is 2.95 bits per heavy atom. The zero-order valence-electron chi connectivity index (χ0n) is 10.4. The van der Waals surface area contributed by atoms with Crippen LogP contribution in [0.5, 0.6) is 5.88 Å². The molecular formula is C13H14N2O3S. The van der Waals surface area contributed by atoms with Crippen LogP contribution in [0.25, 0.3) is 0 Å². The number of aromatic carboxylic acids is 1. The zero-order chi connectivity index (χ0) is 13.7. The molecule has 0 unspecified atom stereocenters. The van der Waals surface area contributed by atoms with Gasteiger partial charge in [-0.25, -0.2) is 9.78 Å². The van der Waals surface area contributed by atoms with Gasteiger partial charge in [-0.05, 0) is 23.8 Å². The van der Waals surface area contributed by atoms with Gasteiger partial charge in [0, 0.05) is 30.2 Å². The average Bonchev–Trinajstić information content (AvgIpc) is 2.88. The van der Waals surface area contributed by atoms with Crippen LogP contribution in [-0.2, 0) is 13.1 Å². The molecule has 19 heavy (non-hydrogen) atoms. The summed E-state index contributed by atoms with van der Waals surface area (Å²) in [7, 11) is 1.58. The molecule has 5 nitrogen and oxygen atoms in total. The molecule has 0 radical (unpaired) electrons. The van der Waals surface area contributed by atoms with E-state index in [2.05, 4.69) is 10.3 Å². The molecule has 0 saturated heterocycles. The Morgan fingerprint density at radius 2 is 2.26 bits per heavy atom. The van der Waals surface area contributed by atoms with Gasteiger partial charge >= 0.3 is 5.97 Å². The van der Waals surface area contributed by atoms with Crippen molar-refractivity contribution in [1.29, 1.82) is 0 Å². The van der Waals surface area contributed by atoms with Crippen LogP contribution in [0.2, 0.25) is 0 Å². The third-order valence-corrected chi connectivity index (χ3v) is 3.58. The van der Waals surface area contributed by atoms with E-state index >= 15 is 0 Å². The molecule has 0 bridgehead atoms. The standard InChI is InChI=1S/C13H14N2O3S/c1-18-12-6-9(4-5-15-12)7-14-8-10-2-3-11(19-10)13(16)17/h2-6,14H,7-8H2,1H3,(H,16,17). The van der Waals surface area contributed by atoms with Crippen molar-refractivity contribution in [2.45, 2.75) is 13.1 Å². The Kier molecular flexibility index (Phi) is 4.48. The molecule has 0 fully saturated rings. The summed E-state index contributed by atoms with van der Waals surface area (Å²) in [5.74, 6) is -0.293. The highest BCUT2D eigenvalue weighted by atomic mass is 32.1. The van der Waals surface area contributed by atoms with Crippen LogP contribution in [-0.4, -0.2) is 23.2 Å². The summed E-state index contributed by atoms with van der Waals surface area (Å²) in [5, 5.41) is 12.1. The second kappa shape index (κ2) is 6.31. The first-order valence-electron chi connectivity index (χ1n) is 5.70. The van der Waals surface area contributed by atoms with Crippen LogP contribution >= 0.6 is 11.3 Å². The molecule has 0 amide bonds. The second-order valence-electron chi connectivity index (χ2n) is 3.88. The summed E-state index contributed by atoms with van der Waals surface area (Å²) in [5.41, 5.74) is 1.07. The average molecular weight is 278 g/mol. The summed E-state index contributed by atoms with van der Waals surface area (Å²) >= 11 is 1.28. The molecule has 0 aliphatic rings. The summed E-state index contributed by atoms with van der Waals surface area (Å²) in [4.78, 5) is 16.1. The summed E-state index contributed by atoms with van der Waals surface area (Å²) in [6, 6.07) is 7.23. The van der Waals surface area contributed by atoms with E-state index in [-0.39, 0.29) is 0 Å². The predicted molar refractivity (Wildman–Crippen MR) is 72.6 cm³/mol. The number of methoxy groups -OCH3 is 1. The molecule has 2 heterocycles. The number of rotatable bonds is 6. The minimum absolute atomic E-state index is 0.363. The topological polar surface area (TPSA) is 71.5 Å². The molecule has 0 aliphatic carbocycles. The fourth-order valence-corrected chi connectivity index (χ4v) is 2.41. The highest BCUT2D eigenvalue weighted by molar-refractivity contribution is 7.13. The van der Waals surface area contributed by atoms with Gasteiger partial charge in [0.25, 0.3) is 0 Å². The van der Waals surface area contributed by atoms with Gasteiger partial charge in [-0.1, -0.05) is 0 Å². The highest BCUT2D eigenvalue weighted by Crippen LogP contribution is 2.16. The van der Waals surface area contributed by atoms with Gasteiger partial charge in [0.15, 0.2) is 0 Å². The van der Waals surface area contributed by atoms with E-state index in [1.54, 1.807) is 19.4 Å². The van der Waals surface area contributed by atoms with Crippen LogP contribution < -0.4 is 10.1 Å². The normalized spacial score (nSPS) is 10.4. The number of nitrogens with zero attached hydrogens (tertiary/aromatic N) is 1. The molecule has 2 rings (SSSR count). The highest BCUT2D eigenvalue weighted by Gasteiger charge is 2.06. The van der Waals surface area contributed by atoms with Gasteiger partial charge in [0.1, 0.15) is 4.88 Å². The van der Waals surface area contributed by atoms with Gasteiger partial charge in [-0.2, -0.15) is 0 Å². The van der Waals surface area contributed by atoms with Crippen molar-refractivity contribution < 1.29 is 14.6 Å². The van der Waals surface area contributed by atoms with E-state index in [4.69, 9.17) is 9.84 Å². The van der Waals surface area contributed by atoms with Crippen LogP contribution in [0.4, 0.5) is 0 Å². The quantitative estimate of drug-likeness (QED) is 0.847.